The number of rotatable bonds is 4. The summed E-state index contributed by atoms with van der Waals surface area (Å²) in [6.07, 6.45) is 1.72. The van der Waals surface area contributed by atoms with Crippen LogP contribution < -0.4 is 9.47 Å². The highest BCUT2D eigenvalue weighted by Crippen LogP contribution is 2.40. The molecule has 2 aromatic carbocycles. The highest BCUT2D eigenvalue weighted by molar-refractivity contribution is 7.98. The molecule has 0 bridgehead atoms. The highest BCUT2D eigenvalue weighted by Gasteiger charge is 2.16. The fourth-order valence-corrected chi connectivity index (χ4v) is 3.49. The molecule has 0 saturated carbocycles. The van der Waals surface area contributed by atoms with E-state index >= 15 is 0 Å². The number of fused-ring (bicyclic) bond motifs is 1. The van der Waals surface area contributed by atoms with Gasteiger partial charge in [-0.2, -0.15) is 5.10 Å². The van der Waals surface area contributed by atoms with Gasteiger partial charge in [-0.05, 0) is 18.2 Å². The Morgan fingerprint density at radius 1 is 1.08 bits per heavy atom. The van der Waals surface area contributed by atoms with Crippen molar-refractivity contribution in [1.29, 1.82) is 0 Å². The molecule has 1 aliphatic rings. The maximum Gasteiger partial charge on any atom is 0.162 e. The Hall–Kier alpha value is -2.18. The summed E-state index contributed by atoms with van der Waals surface area (Å²) in [5.41, 5.74) is 0.985. The first-order valence-electron chi connectivity index (χ1n) is 7.47. The van der Waals surface area contributed by atoms with Crippen LogP contribution in [0.1, 0.15) is 5.82 Å². The van der Waals surface area contributed by atoms with Gasteiger partial charge in [-0.3, -0.25) is 0 Å². The summed E-state index contributed by atoms with van der Waals surface area (Å²) >= 11 is 7.90. The number of nitrogens with zero attached hydrogens (tertiary/aromatic N) is 3. The van der Waals surface area contributed by atoms with E-state index in [4.69, 9.17) is 21.1 Å². The van der Waals surface area contributed by atoms with Crippen molar-refractivity contribution in [3.63, 3.8) is 0 Å². The largest absolute Gasteiger partial charge is 0.486 e. The fraction of sp³-hybridized carbons (Fsp3) is 0.176. The van der Waals surface area contributed by atoms with Gasteiger partial charge in [0.25, 0.3) is 0 Å². The van der Waals surface area contributed by atoms with Gasteiger partial charge >= 0.3 is 0 Å². The monoisotopic (exact) mass is 359 g/mol. The van der Waals surface area contributed by atoms with E-state index in [1.807, 2.05) is 36.4 Å². The normalized spacial score (nSPS) is 13.0. The van der Waals surface area contributed by atoms with Crippen LogP contribution in [0.3, 0.4) is 0 Å². The van der Waals surface area contributed by atoms with Gasteiger partial charge in [0.2, 0.25) is 0 Å². The van der Waals surface area contributed by atoms with E-state index in [1.165, 1.54) is 0 Å². The van der Waals surface area contributed by atoms with Crippen LogP contribution in [-0.2, 0) is 5.75 Å². The number of hydrogen-bond acceptors (Lipinski definition) is 5. The number of para-hydroxylation sites is 1. The van der Waals surface area contributed by atoms with Crippen LogP contribution in [0, 0.1) is 0 Å². The number of ether oxygens (including phenoxy) is 2. The van der Waals surface area contributed by atoms with Gasteiger partial charge in [-0.15, -0.1) is 11.8 Å². The molecule has 1 aromatic heterocycles. The van der Waals surface area contributed by atoms with Crippen molar-refractivity contribution in [2.45, 2.75) is 10.6 Å². The summed E-state index contributed by atoms with van der Waals surface area (Å²) in [6, 6.07) is 13.6. The Balaban J connectivity index is 1.48. The number of aromatic nitrogens is 3. The van der Waals surface area contributed by atoms with Crippen LogP contribution >= 0.6 is 23.4 Å². The minimum Gasteiger partial charge on any atom is -0.486 e. The molecule has 0 unspecified atom stereocenters. The molecule has 2 heterocycles. The van der Waals surface area contributed by atoms with Crippen LogP contribution in [0.4, 0.5) is 0 Å². The molecular weight excluding hydrogens is 346 g/mol. The van der Waals surface area contributed by atoms with Crippen molar-refractivity contribution in [2.75, 3.05) is 13.2 Å². The molecule has 0 spiro atoms. The molecule has 5 nitrogen and oxygen atoms in total. The Morgan fingerprint density at radius 3 is 2.62 bits per heavy atom. The molecule has 24 heavy (non-hydrogen) atoms. The minimum absolute atomic E-state index is 0.552. The topological polar surface area (TPSA) is 49.2 Å². The molecule has 0 amide bonds. The van der Waals surface area contributed by atoms with E-state index in [-0.39, 0.29) is 0 Å². The third-order valence-electron chi connectivity index (χ3n) is 3.51. The molecule has 7 heteroatoms. The third kappa shape index (κ3) is 3.20. The lowest BCUT2D eigenvalue weighted by Gasteiger charge is -2.19. The second-order valence-corrected chi connectivity index (χ2v) is 6.58. The molecule has 0 atom stereocenters. The first-order chi connectivity index (χ1) is 11.8. The van der Waals surface area contributed by atoms with Crippen molar-refractivity contribution < 1.29 is 9.47 Å². The molecule has 0 saturated heterocycles. The van der Waals surface area contributed by atoms with Crippen molar-refractivity contribution in [1.82, 2.24) is 14.8 Å². The maximum atomic E-state index is 6.33. The lowest BCUT2D eigenvalue weighted by molar-refractivity contribution is 0.171. The van der Waals surface area contributed by atoms with Crippen molar-refractivity contribution in [2.24, 2.45) is 0 Å². The number of thioether (sulfide) groups is 1. The Kier molecular flexibility index (Phi) is 4.32. The summed E-state index contributed by atoms with van der Waals surface area (Å²) in [6.45, 7) is 1.11. The fourth-order valence-electron chi connectivity index (χ4n) is 2.37. The van der Waals surface area contributed by atoms with Crippen molar-refractivity contribution in [3.8, 4) is 17.2 Å². The summed E-state index contributed by atoms with van der Waals surface area (Å²) in [5, 5.41) is 5.14. The van der Waals surface area contributed by atoms with Gasteiger partial charge < -0.3 is 9.47 Å². The highest BCUT2D eigenvalue weighted by atomic mass is 35.5. The molecule has 0 aliphatic carbocycles. The van der Waals surface area contributed by atoms with Gasteiger partial charge in [0, 0.05) is 11.0 Å². The smallest absolute Gasteiger partial charge is 0.162 e. The van der Waals surface area contributed by atoms with E-state index < -0.39 is 0 Å². The summed E-state index contributed by atoms with van der Waals surface area (Å²) in [4.78, 5) is 5.28. The van der Waals surface area contributed by atoms with Crippen molar-refractivity contribution in [3.05, 3.63) is 59.6 Å². The van der Waals surface area contributed by atoms with E-state index in [0.717, 1.165) is 22.2 Å². The average Bonchev–Trinajstić information content (AvgIpc) is 3.10. The van der Waals surface area contributed by atoms with E-state index in [1.54, 1.807) is 28.8 Å². The van der Waals surface area contributed by atoms with Crippen LogP contribution in [0.2, 0.25) is 5.02 Å². The number of hydrogen-bond donors (Lipinski definition) is 0. The molecule has 0 fully saturated rings. The van der Waals surface area contributed by atoms with Crippen LogP contribution in [-0.4, -0.2) is 28.0 Å². The van der Waals surface area contributed by atoms with Gasteiger partial charge in [-0.25, -0.2) is 9.67 Å². The summed E-state index contributed by atoms with van der Waals surface area (Å²) in [7, 11) is 0. The minimum atomic E-state index is 0.552. The lowest BCUT2D eigenvalue weighted by atomic mass is 10.3. The zero-order valence-corrected chi connectivity index (χ0v) is 14.3. The lowest BCUT2D eigenvalue weighted by Crippen LogP contribution is -2.15. The second kappa shape index (κ2) is 6.75. The zero-order chi connectivity index (χ0) is 16.4. The van der Waals surface area contributed by atoms with Gasteiger partial charge in [-0.1, -0.05) is 29.8 Å². The van der Waals surface area contributed by atoms with Gasteiger partial charge in [0.1, 0.15) is 19.5 Å². The average molecular weight is 360 g/mol. The van der Waals surface area contributed by atoms with E-state index in [0.29, 0.717) is 29.7 Å². The molecule has 0 N–H and O–H groups in total. The van der Waals surface area contributed by atoms with Crippen molar-refractivity contribution >= 4 is 23.4 Å². The second-order valence-electron chi connectivity index (χ2n) is 5.16. The van der Waals surface area contributed by atoms with Gasteiger partial charge in [0.15, 0.2) is 17.3 Å². The molecular formula is C17H14ClN3O2S. The number of halogens is 1. The Labute approximate surface area is 148 Å². The SMILES string of the molecule is Clc1cc2c(cc1SCc1ncn(-c3ccccc3)n1)OCCO2. The molecule has 0 radical (unpaired) electrons. The van der Waals surface area contributed by atoms with Crippen LogP contribution in [0.25, 0.3) is 5.69 Å². The Bertz CT molecular complexity index is 854. The maximum absolute atomic E-state index is 6.33. The Morgan fingerprint density at radius 2 is 1.83 bits per heavy atom. The van der Waals surface area contributed by atoms with Crippen LogP contribution in [0.5, 0.6) is 11.5 Å². The van der Waals surface area contributed by atoms with E-state index in [9.17, 15) is 0 Å². The molecule has 1 aliphatic heterocycles. The zero-order valence-electron chi connectivity index (χ0n) is 12.7. The summed E-state index contributed by atoms with van der Waals surface area (Å²) in [5.74, 6) is 2.80. The first-order valence-corrected chi connectivity index (χ1v) is 8.84. The third-order valence-corrected chi connectivity index (χ3v) is 4.99. The first kappa shape index (κ1) is 15.4. The summed E-state index contributed by atoms with van der Waals surface area (Å²) < 4.78 is 12.9. The standard InChI is InChI=1S/C17H14ClN3O2S/c18-13-8-14-15(23-7-6-22-14)9-16(13)24-10-17-19-11-21(20-17)12-4-2-1-3-5-12/h1-5,8-9,11H,6-7,10H2. The predicted octanol–water partition coefficient (Wildman–Crippen LogP) is 3.98. The van der Waals surface area contributed by atoms with Gasteiger partial charge in [0.05, 0.1) is 16.5 Å². The van der Waals surface area contributed by atoms with Crippen LogP contribution in [0.15, 0.2) is 53.7 Å². The quantitative estimate of drug-likeness (QED) is 0.659. The van der Waals surface area contributed by atoms with E-state index in [2.05, 4.69) is 10.1 Å². The molecule has 122 valence electrons. The predicted molar refractivity (Wildman–Crippen MR) is 93.4 cm³/mol. The molecule has 4 rings (SSSR count). The number of benzene rings is 2. The molecule has 3 aromatic rings.